The summed E-state index contributed by atoms with van der Waals surface area (Å²) in [6, 6.07) is 5.62. The first-order valence-corrected chi connectivity index (χ1v) is 8.72. The lowest BCUT2D eigenvalue weighted by Crippen LogP contribution is -2.30. The van der Waals surface area contributed by atoms with Gasteiger partial charge in [-0.25, -0.2) is 4.98 Å². The zero-order chi connectivity index (χ0) is 17.8. The fraction of sp³-hybridized carbons (Fsp3) is 0.353. The number of benzene rings is 1. The molecule has 3 rings (SSSR count). The summed E-state index contributed by atoms with van der Waals surface area (Å²) in [4.78, 5) is 27.1. The van der Waals surface area contributed by atoms with E-state index < -0.39 is 5.97 Å². The minimum atomic E-state index is -0.866. The van der Waals surface area contributed by atoms with Crippen LogP contribution in [0.15, 0.2) is 23.6 Å². The van der Waals surface area contributed by atoms with Crippen molar-refractivity contribution in [3.05, 3.63) is 29.3 Å². The summed E-state index contributed by atoms with van der Waals surface area (Å²) in [6.45, 7) is 2.35. The predicted molar refractivity (Wildman–Crippen MR) is 91.8 cm³/mol. The van der Waals surface area contributed by atoms with Crippen LogP contribution in [0.5, 0.6) is 11.5 Å². The van der Waals surface area contributed by atoms with Crippen molar-refractivity contribution < 1.29 is 24.2 Å². The van der Waals surface area contributed by atoms with Gasteiger partial charge in [0.1, 0.15) is 5.01 Å². The van der Waals surface area contributed by atoms with Crippen molar-refractivity contribution in [1.82, 2.24) is 10.3 Å². The second kappa shape index (κ2) is 7.52. The van der Waals surface area contributed by atoms with Crippen molar-refractivity contribution >= 4 is 23.2 Å². The fourth-order valence-corrected chi connectivity index (χ4v) is 3.25. The molecular formula is C17H18N2O5S. The molecule has 1 aromatic heterocycles. The van der Waals surface area contributed by atoms with Gasteiger partial charge in [0.05, 0.1) is 12.1 Å². The van der Waals surface area contributed by atoms with Crippen LogP contribution < -0.4 is 14.8 Å². The van der Waals surface area contributed by atoms with Gasteiger partial charge in [-0.15, -0.1) is 11.3 Å². The zero-order valence-corrected chi connectivity index (χ0v) is 14.5. The second-order valence-electron chi connectivity index (χ2n) is 5.90. The Labute approximate surface area is 148 Å². The number of rotatable bonds is 7. The maximum absolute atomic E-state index is 12.0. The van der Waals surface area contributed by atoms with Gasteiger partial charge in [-0.05, 0) is 24.1 Å². The van der Waals surface area contributed by atoms with Crippen molar-refractivity contribution in [2.24, 2.45) is 5.92 Å². The summed E-state index contributed by atoms with van der Waals surface area (Å²) in [5.74, 6) is 0.269. The van der Waals surface area contributed by atoms with Gasteiger partial charge in [-0.3, -0.25) is 9.59 Å². The van der Waals surface area contributed by atoms with Gasteiger partial charge < -0.3 is 19.9 Å². The average Bonchev–Trinajstić information content (AvgIpc) is 3.20. The molecule has 2 aromatic rings. The first-order valence-electron chi connectivity index (χ1n) is 7.84. The smallest absolute Gasteiger partial charge is 0.303 e. The van der Waals surface area contributed by atoms with E-state index in [1.807, 2.05) is 23.6 Å². The van der Waals surface area contributed by atoms with E-state index in [2.05, 4.69) is 10.3 Å². The number of carbonyl (C=O) groups excluding carboxylic acids is 1. The number of nitrogens with one attached hydrogen (secondary N) is 1. The molecule has 1 atom stereocenters. The highest BCUT2D eigenvalue weighted by Gasteiger charge is 2.16. The normalized spacial score (nSPS) is 13.5. The number of carboxylic acid groups (broad SMARTS) is 1. The van der Waals surface area contributed by atoms with Crippen LogP contribution in [0.25, 0.3) is 10.6 Å². The molecule has 0 aliphatic carbocycles. The van der Waals surface area contributed by atoms with Crippen LogP contribution in [0.4, 0.5) is 0 Å². The molecule has 1 aliphatic rings. The number of hydrogen-bond acceptors (Lipinski definition) is 6. The molecule has 25 heavy (non-hydrogen) atoms. The van der Waals surface area contributed by atoms with E-state index in [4.69, 9.17) is 14.6 Å². The van der Waals surface area contributed by atoms with E-state index in [1.54, 1.807) is 6.92 Å². The van der Waals surface area contributed by atoms with Gasteiger partial charge in [-0.2, -0.15) is 0 Å². The zero-order valence-electron chi connectivity index (χ0n) is 13.7. The Morgan fingerprint density at radius 2 is 2.16 bits per heavy atom. The number of carbonyl (C=O) groups is 2. The second-order valence-corrected chi connectivity index (χ2v) is 6.75. The van der Waals surface area contributed by atoms with E-state index in [0.717, 1.165) is 16.3 Å². The highest BCUT2D eigenvalue weighted by Crippen LogP contribution is 2.36. The third kappa shape index (κ3) is 4.48. The molecule has 1 aromatic carbocycles. The molecule has 2 N–H and O–H groups in total. The quantitative estimate of drug-likeness (QED) is 0.784. The summed E-state index contributed by atoms with van der Waals surface area (Å²) in [5.41, 5.74) is 1.59. The number of ether oxygens (including phenoxy) is 2. The van der Waals surface area contributed by atoms with Gasteiger partial charge in [0.15, 0.2) is 11.5 Å². The van der Waals surface area contributed by atoms with Gasteiger partial charge in [0.25, 0.3) is 0 Å². The summed E-state index contributed by atoms with van der Waals surface area (Å²) in [6.07, 6.45) is 0.200. The molecule has 1 aliphatic heterocycles. The summed E-state index contributed by atoms with van der Waals surface area (Å²) in [7, 11) is 0. The number of hydrogen-bond donors (Lipinski definition) is 2. The molecule has 8 heteroatoms. The van der Waals surface area contributed by atoms with E-state index in [-0.39, 0.29) is 31.5 Å². The lowest BCUT2D eigenvalue weighted by Gasteiger charge is -2.09. The number of nitrogens with zero attached hydrogens (tertiary/aromatic N) is 1. The minimum Gasteiger partial charge on any atom is -0.481 e. The third-order valence-corrected chi connectivity index (χ3v) is 4.62. The molecule has 7 nitrogen and oxygen atoms in total. The first kappa shape index (κ1) is 17.2. The van der Waals surface area contributed by atoms with Crippen molar-refractivity contribution in [3.8, 4) is 22.1 Å². The summed E-state index contributed by atoms with van der Waals surface area (Å²) >= 11 is 1.46. The van der Waals surface area contributed by atoms with Crippen molar-refractivity contribution in [2.75, 3.05) is 13.3 Å². The molecular weight excluding hydrogens is 344 g/mol. The monoisotopic (exact) mass is 362 g/mol. The van der Waals surface area contributed by atoms with Crippen LogP contribution >= 0.6 is 11.3 Å². The van der Waals surface area contributed by atoms with Crippen LogP contribution in [-0.4, -0.2) is 35.3 Å². The van der Waals surface area contributed by atoms with Gasteiger partial charge in [-0.1, -0.05) is 6.92 Å². The van der Waals surface area contributed by atoms with E-state index >= 15 is 0 Å². The maximum atomic E-state index is 12.0. The Kier molecular flexibility index (Phi) is 5.18. The van der Waals surface area contributed by atoms with Crippen molar-refractivity contribution in [1.29, 1.82) is 0 Å². The number of thiazole rings is 1. The highest BCUT2D eigenvalue weighted by atomic mass is 32.1. The standard InChI is InChI=1S/C17H18N2O5S/c1-10(4-16(21)22)7-18-15(20)6-12-8-25-17(19-12)11-2-3-13-14(5-11)24-9-23-13/h2-3,5,8,10H,4,6-7,9H2,1H3,(H,18,20)(H,21,22). The van der Waals surface area contributed by atoms with Gasteiger partial charge in [0.2, 0.25) is 12.7 Å². The molecule has 0 saturated heterocycles. The molecule has 1 unspecified atom stereocenters. The Morgan fingerprint density at radius 3 is 2.96 bits per heavy atom. The fourth-order valence-electron chi connectivity index (χ4n) is 2.44. The van der Waals surface area contributed by atoms with Crippen LogP contribution in [-0.2, 0) is 16.0 Å². The molecule has 1 amide bonds. The molecule has 0 saturated carbocycles. The molecule has 132 valence electrons. The highest BCUT2D eigenvalue weighted by molar-refractivity contribution is 7.13. The lowest BCUT2D eigenvalue weighted by atomic mass is 10.1. The summed E-state index contributed by atoms with van der Waals surface area (Å²) in [5, 5.41) is 14.1. The van der Waals surface area contributed by atoms with Crippen LogP contribution in [0.3, 0.4) is 0 Å². The van der Waals surface area contributed by atoms with Crippen molar-refractivity contribution in [2.45, 2.75) is 19.8 Å². The number of aromatic nitrogens is 1. The maximum Gasteiger partial charge on any atom is 0.303 e. The first-order chi connectivity index (χ1) is 12.0. The molecule has 0 bridgehead atoms. The summed E-state index contributed by atoms with van der Waals surface area (Å²) < 4.78 is 10.7. The topological polar surface area (TPSA) is 97.8 Å². The number of carboxylic acids is 1. The number of aliphatic carboxylic acids is 1. The Bertz CT molecular complexity index is 789. The molecule has 0 spiro atoms. The van der Waals surface area contributed by atoms with Gasteiger partial charge in [0, 0.05) is 23.9 Å². The molecule has 0 radical (unpaired) electrons. The van der Waals surface area contributed by atoms with Crippen LogP contribution in [0.2, 0.25) is 0 Å². The van der Waals surface area contributed by atoms with E-state index in [1.165, 1.54) is 11.3 Å². The predicted octanol–water partition coefficient (Wildman–Crippen LogP) is 2.31. The third-order valence-electron chi connectivity index (χ3n) is 3.68. The van der Waals surface area contributed by atoms with E-state index in [0.29, 0.717) is 18.0 Å². The van der Waals surface area contributed by atoms with Crippen molar-refractivity contribution in [3.63, 3.8) is 0 Å². The molecule has 2 heterocycles. The lowest BCUT2D eigenvalue weighted by molar-refractivity contribution is -0.138. The number of fused-ring (bicyclic) bond motifs is 1. The Hall–Kier alpha value is -2.61. The average molecular weight is 362 g/mol. The minimum absolute atomic E-state index is 0.0330. The number of amides is 1. The van der Waals surface area contributed by atoms with Crippen LogP contribution in [0.1, 0.15) is 19.0 Å². The van der Waals surface area contributed by atoms with Gasteiger partial charge >= 0.3 is 5.97 Å². The largest absolute Gasteiger partial charge is 0.481 e. The molecule has 0 fully saturated rings. The van der Waals surface area contributed by atoms with Crippen LogP contribution in [0, 0.1) is 5.92 Å². The van der Waals surface area contributed by atoms with E-state index in [9.17, 15) is 9.59 Å². The Balaban J connectivity index is 1.56. The Morgan fingerprint density at radius 1 is 1.36 bits per heavy atom. The SMILES string of the molecule is CC(CNC(=O)Cc1csc(-c2ccc3c(c2)OCO3)n1)CC(=O)O.